The van der Waals surface area contributed by atoms with Gasteiger partial charge in [-0.25, -0.2) is 13.1 Å². The maximum Gasteiger partial charge on any atom is 0.240 e. The molecular weight excluding hydrogens is 320 g/mol. The molecule has 3 N–H and O–H groups in total. The van der Waals surface area contributed by atoms with Gasteiger partial charge in [-0.1, -0.05) is 11.6 Å². The smallest absolute Gasteiger partial charge is 0.240 e. The van der Waals surface area contributed by atoms with Gasteiger partial charge in [-0.2, -0.15) is 0 Å². The summed E-state index contributed by atoms with van der Waals surface area (Å²) in [6.07, 6.45) is 2.08. The molecule has 5 nitrogen and oxygen atoms in total. The van der Waals surface area contributed by atoms with Gasteiger partial charge in [0.15, 0.2) is 0 Å². The first-order valence-corrected chi connectivity index (χ1v) is 9.60. The second-order valence-corrected chi connectivity index (χ2v) is 8.38. The van der Waals surface area contributed by atoms with Gasteiger partial charge in [0.2, 0.25) is 10.0 Å². The summed E-state index contributed by atoms with van der Waals surface area (Å²) >= 11 is 5.95. The zero-order chi connectivity index (χ0) is 15.5. The van der Waals surface area contributed by atoms with Crippen LogP contribution in [0.5, 0.6) is 0 Å². The topological polar surface area (TPSA) is 89.3 Å². The van der Waals surface area contributed by atoms with Gasteiger partial charge >= 0.3 is 0 Å². The summed E-state index contributed by atoms with van der Waals surface area (Å²) in [5.74, 6) is 0.445. The van der Waals surface area contributed by atoms with Crippen molar-refractivity contribution in [3.8, 4) is 0 Å². The van der Waals surface area contributed by atoms with Gasteiger partial charge in [-0.3, -0.25) is 4.21 Å². The monoisotopic (exact) mass is 338 g/mol. The average molecular weight is 339 g/mol. The third-order valence-corrected chi connectivity index (χ3v) is 5.64. The number of hydrogen-bond acceptors (Lipinski definition) is 4. The van der Waals surface area contributed by atoms with Crippen LogP contribution in [-0.4, -0.2) is 30.7 Å². The first-order chi connectivity index (χ1) is 9.13. The molecule has 2 atom stereocenters. The van der Waals surface area contributed by atoms with Gasteiger partial charge in [0.05, 0.1) is 4.90 Å². The summed E-state index contributed by atoms with van der Waals surface area (Å²) in [5, 5.41) is 0.313. The Morgan fingerprint density at radius 3 is 2.55 bits per heavy atom. The molecule has 0 fully saturated rings. The first-order valence-electron chi connectivity index (χ1n) is 6.01. The molecule has 0 saturated carbocycles. The summed E-state index contributed by atoms with van der Waals surface area (Å²) in [7, 11) is -4.63. The van der Waals surface area contributed by atoms with Crippen LogP contribution in [0.15, 0.2) is 17.0 Å². The molecule has 1 aromatic rings. The summed E-state index contributed by atoms with van der Waals surface area (Å²) < 4.78 is 37.9. The SMILES string of the molecule is Cc1c(N)cc(S(=O)(=O)NC(C)CCS(C)=O)cc1Cl. The standard InChI is InChI=1S/C12H19ClN2O3S2/c1-8(4-5-19(3)16)15-20(17,18)10-6-11(13)9(2)12(14)7-10/h6-8,15H,4-5,14H2,1-3H3. The minimum Gasteiger partial charge on any atom is -0.398 e. The molecule has 0 bridgehead atoms. The molecule has 0 amide bonds. The molecule has 0 saturated heterocycles. The Hall–Kier alpha value is -0.630. The van der Waals surface area contributed by atoms with E-state index in [0.29, 0.717) is 28.4 Å². The molecule has 0 aromatic heterocycles. The summed E-state index contributed by atoms with van der Waals surface area (Å²) in [5.41, 5.74) is 6.72. The van der Waals surface area contributed by atoms with Crippen LogP contribution in [0, 0.1) is 6.92 Å². The van der Waals surface area contributed by atoms with Crippen LogP contribution in [0.3, 0.4) is 0 Å². The lowest BCUT2D eigenvalue weighted by atomic mass is 10.2. The van der Waals surface area contributed by atoms with Crippen LogP contribution in [0.25, 0.3) is 0 Å². The van der Waals surface area contributed by atoms with E-state index >= 15 is 0 Å². The zero-order valence-corrected chi connectivity index (χ0v) is 14.0. The number of nitrogens with two attached hydrogens (primary N) is 1. The van der Waals surface area contributed by atoms with E-state index in [9.17, 15) is 12.6 Å². The van der Waals surface area contributed by atoms with Gasteiger partial charge in [-0.05, 0) is 38.0 Å². The van der Waals surface area contributed by atoms with Crippen molar-refractivity contribution in [3.05, 3.63) is 22.7 Å². The Morgan fingerprint density at radius 2 is 2.05 bits per heavy atom. The molecule has 2 unspecified atom stereocenters. The largest absolute Gasteiger partial charge is 0.398 e. The molecule has 1 rings (SSSR count). The number of benzene rings is 1. The molecule has 0 spiro atoms. The average Bonchev–Trinajstić information content (AvgIpc) is 2.32. The highest BCUT2D eigenvalue weighted by Gasteiger charge is 2.19. The van der Waals surface area contributed by atoms with Gasteiger partial charge < -0.3 is 5.73 Å². The second-order valence-electron chi connectivity index (χ2n) is 4.71. The lowest BCUT2D eigenvalue weighted by molar-refractivity contribution is 0.556. The minimum absolute atomic E-state index is 0.0371. The van der Waals surface area contributed by atoms with Gasteiger partial charge in [0.25, 0.3) is 0 Å². The van der Waals surface area contributed by atoms with E-state index in [0.717, 1.165) is 0 Å². The lowest BCUT2D eigenvalue weighted by Crippen LogP contribution is -2.33. The summed E-state index contributed by atoms with van der Waals surface area (Å²) in [4.78, 5) is 0.0371. The van der Waals surface area contributed by atoms with Gasteiger partial charge in [-0.15, -0.1) is 0 Å². The fourth-order valence-corrected chi connectivity index (χ4v) is 3.88. The quantitative estimate of drug-likeness (QED) is 0.772. The maximum absolute atomic E-state index is 12.2. The van der Waals surface area contributed by atoms with Crippen LogP contribution in [0.1, 0.15) is 18.9 Å². The van der Waals surface area contributed by atoms with E-state index in [2.05, 4.69) is 4.72 Å². The van der Waals surface area contributed by atoms with E-state index in [1.165, 1.54) is 12.1 Å². The molecule has 0 heterocycles. The second kappa shape index (κ2) is 6.89. The Bertz CT molecular complexity index is 594. The molecule has 114 valence electrons. The maximum atomic E-state index is 12.2. The molecule has 1 aromatic carbocycles. The van der Waals surface area contributed by atoms with Crippen LogP contribution in [0.2, 0.25) is 5.02 Å². The van der Waals surface area contributed by atoms with Crippen molar-refractivity contribution in [2.45, 2.75) is 31.2 Å². The third kappa shape index (κ3) is 4.73. The zero-order valence-electron chi connectivity index (χ0n) is 11.6. The number of hydrogen-bond donors (Lipinski definition) is 2. The highest BCUT2D eigenvalue weighted by molar-refractivity contribution is 7.89. The number of sulfonamides is 1. The number of rotatable bonds is 6. The summed E-state index contributed by atoms with van der Waals surface area (Å²) in [6.45, 7) is 3.45. The minimum atomic E-state index is -3.68. The van der Waals surface area contributed by atoms with Gasteiger partial charge in [0, 0.05) is 39.6 Å². The lowest BCUT2D eigenvalue weighted by Gasteiger charge is -2.15. The Morgan fingerprint density at radius 1 is 1.45 bits per heavy atom. The van der Waals surface area contributed by atoms with E-state index in [-0.39, 0.29) is 10.9 Å². The molecular formula is C12H19ClN2O3S2. The highest BCUT2D eigenvalue weighted by Crippen LogP contribution is 2.26. The fourth-order valence-electron chi connectivity index (χ4n) is 1.56. The molecule has 0 aliphatic rings. The Labute approximate surface area is 127 Å². The number of nitrogens with one attached hydrogen (secondary N) is 1. The Kier molecular flexibility index (Phi) is 6.00. The predicted octanol–water partition coefficient (Wildman–Crippen LogP) is 1.67. The van der Waals surface area contributed by atoms with Crippen molar-refractivity contribution in [2.75, 3.05) is 17.7 Å². The van der Waals surface area contributed by atoms with Crippen LogP contribution in [0.4, 0.5) is 5.69 Å². The van der Waals surface area contributed by atoms with Crippen molar-refractivity contribution in [1.82, 2.24) is 4.72 Å². The molecule has 20 heavy (non-hydrogen) atoms. The molecule has 8 heteroatoms. The first kappa shape index (κ1) is 17.4. The Balaban J connectivity index is 2.91. The van der Waals surface area contributed by atoms with Crippen molar-refractivity contribution in [3.63, 3.8) is 0 Å². The number of halogens is 1. The summed E-state index contributed by atoms with van der Waals surface area (Å²) in [6, 6.07) is 2.44. The van der Waals surface area contributed by atoms with Crippen LogP contribution in [-0.2, 0) is 20.8 Å². The fraction of sp³-hybridized carbons (Fsp3) is 0.500. The molecule has 0 aliphatic carbocycles. The molecule has 0 radical (unpaired) electrons. The van der Waals surface area contributed by atoms with Crippen molar-refractivity contribution < 1.29 is 12.6 Å². The van der Waals surface area contributed by atoms with E-state index in [4.69, 9.17) is 17.3 Å². The van der Waals surface area contributed by atoms with Crippen LogP contribution < -0.4 is 10.5 Å². The number of anilines is 1. The van der Waals surface area contributed by atoms with Crippen LogP contribution >= 0.6 is 11.6 Å². The van der Waals surface area contributed by atoms with Crippen molar-refractivity contribution >= 4 is 38.1 Å². The predicted molar refractivity (Wildman–Crippen MR) is 83.9 cm³/mol. The highest BCUT2D eigenvalue weighted by atomic mass is 35.5. The van der Waals surface area contributed by atoms with Gasteiger partial charge in [0.1, 0.15) is 0 Å². The third-order valence-electron chi connectivity index (χ3n) is 2.86. The van der Waals surface area contributed by atoms with Crippen molar-refractivity contribution in [2.24, 2.45) is 0 Å². The van der Waals surface area contributed by atoms with Crippen molar-refractivity contribution in [1.29, 1.82) is 0 Å². The van der Waals surface area contributed by atoms with E-state index < -0.39 is 20.8 Å². The van der Waals surface area contributed by atoms with E-state index in [1.54, 1.807) is 20.1 Å². The number of nitrogen functional groups attached to an aromatic ring is 1. The van der Waals surface area contributed by atoms with E-state index in [1.807, 2.05) is 0 Å². The molecule has 0 aliphatic heterocycles. The normalized spacial score (nSPS) is 15.0.